The fourth-order valence-electron chi connectivity index (χ4n) is 3.77. The van der Waals surface area contributed by atoms with Crippen LogP contribution in [0.2, 0.25) is 0 Å². The lowest BCUT2D eigenvalue weighted by atomic mass is 10.1. The van der Waals surface area contributed by atoms with E-state index in [-0.39, 0.29) is 11.5 Å². The molecule has 0 aliphatic rings. The highest BCUT2D eigenvalue weighted by Crippen LogP contribution is 2.29. The number of nitrogens with one attached hydrogen (secondary N) is 2. The van der Waals surface area contributed by atoms with Gasteiger partial charge in [0.2, 0.25) is 0 Å². The molecule has 2 aromatic heterocycles. The largest absolute Gasteiger partial charge is 0.321 e. The molecule has 4 aromatic rings. The molecule has 0 unspecified atom stereocenters. The lowest BCUT2D eigenvalue weighted by Crippen LogP contribution is -2.17. The van der Waals surface area contributed by atoms with Gasteiger partial charge in [0.15, 0.2) is 0 Å². The van der Waals surface area contributed by atoms with Crippen LogP contribution in [0.5, 0.6) is 0 Å². The van der Waals surface area contributed by atoms with E-state index in [1.54, 1.807) is 6.92 Å². The van der Waals surface area contributed by atoms with E-state index in [1.807, 2.05) is 63.5 Å². The van der Waals surface area contributed by atoms with Gasteiger partial charge in [0.25, 0.3) is 11.5 Å². The molecule has 2 heterocycles. The predicted octanol–water partition coefficient (Wildman–Crippen LogP) is 4.51. The van der Waals surface area contributed by atoms with Crippen molar-refractivity contribution in [3.63, 3.8) is 0 Å². The van der Waals surface area contributed by atoms with Gasteiger partial charge < -0.3 is 15.2 Å². The molecular weight excluding hydrogens is 420 g/mol. The van der Waals surface area contributed by atoms with E-state index in [0.29, 0.717) is 39.4 Å². The van der Waals surface area contributed by atoms with Crippen molar-refractivity contribution in [2.75, 3.05) is 19.4 Å². The highest BCUT2D eigenvalue weighted by molar-refractivity contribution is 7.20. The fraction of sp³-hybridized carbons (Fsp3) is 0.240. The second kappa shape index (κ2) is 9.06. The lowest BCUT2D eigenvalue weighted by molar-refractivity contribution is 0.103. The Morgan fingerprint density at radius 2 is 1.88 bits per heavy atom. The second-order valence-electron chi connectivity index (χ2n) is 8.26. The maximum absolute atomic E-state index is 13.2. The van der Waals surface area contributed by atoms with Crippen molar-refractivity contribution in [1.29, 1.82) is 0 Å². The Balaban J connectivity index is 1.66. The second-order valence-corrected chi connectivity index (χ2v) is 9.26. The molecule has 4 rings (SSSR count). The Kier molecular flexibility index (Phi) is 6.21. The first-order valence-electron chi connectivity index (χ1n) is 10.4. The summed E-state index contributed by atoms with van der Waals surface area (Å²) in [7, 11) is 3.99. The summed E-state index contributed by atoms with van der Waals surface area (Å²) in [5.74, 6) is 0.368. The number of nitrogens with zero attached hydrogens (tertiary/aromatic N) is 2. The zero-order valence-electron chi connectivity index (χ0n) is 18.7. The molecule has 0 saturated heterocycles. The van der Waals surface area contributed by atoms with Crippen molar-refractivity contribution < 1.29 is 4.79 Å². The van der Waals surface area contributed by atoms with E-state index >= 15 is 0 Å². The normalized spacial score (nSPS) is 11.3. The van der Waals surface area contributed by atoms with E-state index < -0.39 is 0 Å². The minimum atomic E-state index is -0.224. The van der Waals surface area contributed by atoms with Crippen LogP contribution in [-0.4, -0.2) is 34.9 Å². The molecular formula is C25H26N4O2S. The smallest absolute Gasteiger partial charge is 0.266 e. The zero-order valence-corrected chi connectivity index (χ0v) is 19.5. The Labute approximate surface area is 190 Å². The number of fused-ring (bicyclic) bond motifs is 1. The monoisotopic (exact) mass is 446 g/mol. The number of aromatic nitrogens is 2. The molecule has 0 aliphatic carbocycles. The summed E-state index contributed by atoms with van der Waals surface area (Å²) in [5.41, 5.74) is 4.47. The first-order valence-corrected chi connectivity index (χ1v) is 11.3. The highest BCUT2D eigenvalue weighted by atomic mass is 32.1. The molecule has 0 atom stereocenters. The van der Waals surface area contributed by atoms with Crippen LogP contribution in [0, 0.1) is 13.8 Å². The van der Waals surface area contributed by atoms with E-state index in [0.717, 1.165) is 22.4 Å². The summed E-state index contributed by atoms with van der Waals surface area (Å²) in [5, 5.41) is 3.52. The van der Waals surface area contributed by atoms with Gasteiger partial charge in [-0.1, -0.05) is 48.0 Å². The first kappa shape index (κ1) is 21.9. The van der Waals surface area contributed by atoms with Crippen molar-refractivity contribution in [2.24, 2.45) is 0 Å². The van der Waals surface area contributed by atoms with Crippen LogP contribution in [0.15, 0.2) is 53.3 Å². The third kappa shape index (κ3) is 4.64. The number of rotatable bonds is 6. The van der Waals surface area contributed by atoms with Crippen molar-refractivity contribution in [2.45, 2.75) is 26.8 Å². The van der Waals surface area contributed by atoms with Crippen LogP contribution in [0.1, 0.15) is 37.7 Å². The standard InChI is InChI=1S/C25H26N4O2S/c1-15-10-11-19(18(12-15)14-29(3)4)26-24(31)22-16(2)21-23(30)27-20(28-25(21)32-22)13-17-8-6-5-7-9-17/h5-12H,13-14H2,1-4H3,(H,26,31)(H,27,28,30). The third-order valence-corrected chi connectivity index (χ3v) is 6.45. The molecule has 164 valence electrons. The van der Waals surface area contributed by atoms with Crippen LogP contribution in [0.3, 0.4) is 0 Å². The molecule has 6 nitrogen and oxygen atoms in total. The zero-order chi connectivity index (χ0) is 22.8. The van der Waals surface area contributed by atoms with Gasteiger partial charge in [-0.2, -0.15) is 0 Å². The molecule has 0 aliphatic heterocycles. The van der Waals surface area contributed by atoms with Gasteiger partial charge >= 0.3 is 0 Å². The van der Waals surface area contributed by atoms with E-state index in [9.17, 15) is 9.59 Å². The van der Waals surface area contributed by atoms with Gasteiger partial charge in [-0.15, -0.1) is 11.3 Å². The molecule has 2 N–H and O–H groups in total. The highest BCUT2D eigenvalue weighted by Gasteiger charge is 2.20. The van der Waals surface area contributed by atoms with Crippen LogP contribution in [0.4, 0.5) is 5.69 Å². The number of anilines is 1. The summed E-state index contributed by atoms with van der Waals surface area (Å²) in [6.45, 7) is 4.55. The van der Waals surface area contributed by atoms with E-state index in [2.05, 4.69) is 26.3 Å². The van der Waals surface area contributed by atoms with Crippen molar-refractivity contribution >= 4 is 33.1 Å². The van der Waals surface area contributed by atoms with E-state index in [1.165, 1.54) is 11.3 Å². The SMILES string of the molecule is Cc1ccc(NC(=O)c2sc3nc(Cc4ccccc4)[nH]c(=O)c3c2C)c(CN(C)C)c1. The minimum Gasteiger partial charge on any atom is -0.321 e. The van der Waals surface area contributed by atoms with Crippen molar-refractivity contribution in [1.82, 2.24) is 14.9 Å². The van der Waals surface area contributed by atoms with Crippen LogP contribution < -0.4 is 10.9 Å². The molecule has 0 bridgehead atoms. The van der Waals surface area contributed by atoms with Crippen LogP contribution in [0.25, 0.3) is 10.2 Å². The number of carbonyl (C=O) groups is 1. The molecule has 7 heteroatoms. The number of hydrogen-bond donors (Lipinski definition) is 2. The number of hydrogen-bond acceptors (Lipinski definition) is 5. The average Bonchev–Trinajstić information content (AvgIpc) is 3.07. The van der Waals surface area contributed by atoms with Crippen LogP contribution >= 0.6 is 11.3 Å². The maximum Gasteiger partial charge on any atom is 0.266 e. The lowest BCUT2D eigenvalue weighted by Gasteiger charge is -2.15. The number of H-pyrrole nitrogens is 1. The van der Waals surface area contributed by atoms with Crippen molar-refractivity contribution in [3.05, 3.63) is 91.8 Å². The Morgan fingerprint density at radius 3 is 2.59 bits per heavy atom. The molecule has 32 heavy (non-hydrogen) atoms. The molecule has 2 aromatic carbocycles. The maximum atomic E-state index is 13.2. The van der Waals surface area contributed by atoms with Gasteiger partial charge in [-0.3, -0.25) is 9.59 Å². The Hall–Kier alpha value is -3.29. The van der Waals surface area contributed by atoms with Gasteiger partial charge in [0, 0.05) is 18.7 Å². The number of benzene rings is 2. The van der Waals surface area contributed by atoms with Gasteiger partial charge in [0.1, 0.15) is 10.7 Å². The predicted molar refractivity (Wildman–Crippen MR) is 131 cm³/mol. The van der Waals surface area contributed by atoms with Gasteiger partial charge in [0.05, 0.1) is 10.3 Å². The summed E-state index contributed by atoms with van der Waals surface area (Å²) in [4.78, 5) is 36.6. The van der Waals surface area contributed by atoms with Crippen LogP contribution in [-0.2, 0) is 13.0 Å². The van der Waals surface area contributed by atoms with Crippen molar-refractivity contribution in [3.8, 4) is 0 Å². The average molecular weight is 447 g/mol. The topological polar surface area (TPSA) is 78.1 Å². The molecule has 0 radical (unpaired) electrons. The number of aromatic amines is 1. The quantitative estimate of drug-likeness (QED) is 0.457. The molecule has 0 fully saturated rings. The Morgan fingerprint density at radius 1 is 1.12 bits per heavy atom. The summed E-state index contributed by atoms with van der Waals surface area (Å²) in [6, 6.07) is 15.8. The number of aryl methyl sites for hydroxylation is 2. The third-order valence-electron chi connectivity index (χ3n) is 5.27. The Bertz CT molecular complexity index is 1340. The molecule has 0 saturated carbocycles. The molecule has 0 spiro atoms. The summed E-state index contributed by atoms with van der Waals surface area (Å²) in [6.07, 6.45) is 0.530. The number of carbonyl (C=O) groups excluding carboxylic acids is 1. The van der Waals surface area contributed by atoms with E-state index in [4.69, 9.17) is 0 Å². The fourth-order valence-corrected chi connectivity index (χ4v) is 4.87. The van der Waals surface area contributed by atoms with Gasteiger partial charge in [-0.25, -0.2) is 4.98 Å². The summed E-state index contributed by atoms with van der Waals surface area (Å²) >= 11 is 1.26. The molecule has 1 amide bonds. The first-order chi connectivity index (χ1) is 15.3. The number of thiophene rings is 1. The minimum absolute atomic E-state index is 0.211. The van der Waals surface area contributed by atoms with Gasteiger partial charge in [-0.05, 0) is 50.7 Å². The number of amides is 1. The summed E-state index contributed by atoms with van der Waals surface area (Å²) < 4.78 is 0.